The molecule has 0 radical (unpaired) electrons. The summed E-state index contributed by atoms with van der Waals surface area (Å²) in [5, 5.41) is 0. The van der Waals surface area contributed by atoms with E-state index in [4.69, 9.17) is 24.5 Å². The number of rotatable bonds is 4. The number of hydrogen-bond donors (Lipinski definition) is 5. The Kier molecular flexibility index (Phi) is 11.0. The molecule has 0 unspecified atom stereocenters. The van der Waals surface area contributed by atoms with Crippen molar-refractivity contribution in [2.45, 2.75) is 0 Å². The summed E-state index contributed by atoms with van der Waals surface area (Å²) in [5.74, 6) is 0. The van der Waals surface area contributed by atoms with E-state index in [1.165, 1.54) is 0 Å². The van der Waals surface area contributed by atoms with Crippen LogP contribution in [-0.4, -0.2) is 72.9 Å². The zero-order valence-corrected chi connectivity index (χ0v) is 8.30. The van der Waals surface area contributed by atoms with Crippen molar-refractivity contribution in [3.8, 4) is 0 Å². The van der Waals surface area contributed by atoms with Crippen molar-refractivity contribution in [1.82, 2.24) is 0 Å². The number of phosphoric acid groups is 3. The molecule has 0 atom stereocenters. The van der Waals surface area contributed by atoms with E-state index < -0.39 is 23.5 Å². The third kappa shape index (κ3) is 16.0. The second-order valence-corrected chi connectivity index (χ2v) is 5.82. The van der Waals surface area contributed by atoms with Gasteiger partial charge >= 0.3 is 71.9 Å². The second kappa shape index (κ2) is 7.44. The van der Waals surface area contributed by atoms with Crippen molar-refractivity contribution in [3.05, 3.63) is 0 Å². The van der Waals surface area contributed by atoms with Crippen LogP contribution in [0.4, 0.5) is 0 Å². The maximum absolute atomic E-state index is 10.4. The Morgan fingerprint density at radius 3 is 1.07 bits per heavy atom. The molecule has 0 spiro atoms. The van der Waals surface area contributed by atoms with Gasteiger partial charge in [0, 0.05) is 0 Å². The van der Waals surface area contributed by atoms with Crippen molar-refractivity contribution in [1.29, 1.82) is 0 Å². The minimum atomic E-state index is -5.46. The van der Waals surface area contributed by atoms with Crippen LogP contribution >= 0.6 is 23.5 Å². The van der Waals surface area contributed by atoms with Gasteiger partial charge < -0.3 is 24.5 Å². The van der Waals surface area contributed by atoms with Gasteiger partial charge in [-0.15, -0.1) is 0 Å². The van der Waals surface area contributed by atoms with E-state index in [1.54, 1.807) is 0 Å². The summed E-state index contributed by atoms with van der Waals surface area (Å²) >= 11 is 0. The SMILES string of the molecule is O=P(O)(O)OP(=O)(O)OP(=O)(O)O.[LiH].[NaH]. The van der Waals surface area contributed by atoms with E-state index in [-0.39, 0.29) is 48.4 Å². The first-order chi connectivity index (χ1) is 5.41. The van der Waals surface area contributed by atoms with Gasteiger partial charge in [0.25, 0.3) is 0 Å². The third-order valence-electron chi connectivity index (χ3n) is 0.419. The summed E-state index contributed by atoms with van der Waals surface area (Å²) in [6.07, 6.45) is 0. The molecule has 0 aliphatic heterocycles. The second-order valence-electron chi connectivity index (χ2n) is 1.61. The van der Waals surface area contributed by atoms with Crippen molar-refractivity contribution >= 4 is 71.9 Å². The van der Waals surface area contributed by atoms with Crippen LogP contribution in [0.3, 0.4) is 0 Å². The Morgan fingerprint density at radius 2 is 0.933 bits per heavy atom. The van der Waals surface area contributed by atoms with Crippen LogP contribution in [0.1, 0.15) is 0 Å². The maximum atomic E-state index is 10.4. The Bertz CT molecular complexity index is 283. The van der Waals surface area contributed by atoms with Crippen molar-refractivity contribution in [2.75, 3.05) is 0 Å². The molecule has 84 valence electrons. The Morgan fingerprint density at radius 1 is 0.733 bits per heavy atom. The van der Waals surface area contributed by atoms with E-state index in [2.05, 4.69) is 8.62 Å². The summed E-state index contributed by atoms with van der Waals surface area (Å²) in [6.45, 7) is 0. The molecule has 0 aromatic rings. The van der Waals surface area contributed by atoms with Crippen LogP contribution in [0, 0.1) is 0 Å². The fourth-order valence-corrected chi connectivity index (χ4v) is 2.82. The third-order valence-corrected chi connectivity index (χ3v) is 3.77. The summed E-state index contributed by atoms with van der Waals surface area (Å²) in [6, 6.07) is 0. The molecule has 0 bridgehead atoms. The fraction of sp³-hybridized carbons (Fsp3) is 0. The zero-order chi connectivity index (χ0) is 10.9. The topological polar surface area (TPSA) is 171 Å². The molecule has 0 aliphatic rings. The van der Waals surface area contributed by atoms with Crippen LogP contribution in [0.15, 0.2) is 0 Å². The average molecular weight is 290 g/mol. The molecule has 0 saturated carbocycles. The van der Waals surface area contributed by atoms with Gasteiger partial charge in [0.15, 0.2) is 0 Å². The van der Waals surface area contributed by atoms with Crippen LogP contribution in [0.2, 0.25) is 0 Å². The predicted octanol–water partition coefficient (Wildman–Crippen LogP) is -1.99. The first kappa shape index (κ1) is 22.2. The molecule has 0 aliphatic carbocycles. The van der Waals surface area contributed by atoms with Gasteiger partial charge in [-0.05, 0) is 0 Å². The molecule has 0 aromatic heterocycles. The summed E-state index contributed by atoms with van der Waals surface area (Å²) in [4.78, 5) is 40.2. The van der Waals surface area contributed by atoms with Gasteiger partial charge in [-0.3, -0.25) is 0 Å². The van der Waals surface area contributed by atoms with E-state index in [0.717, 1.165) is 0 Å². The Balaban J connectivity index is -0.000000720. The van der Waals surface area contributed by atoms with Crippen LogP contribution in [0.25, 0.3) is 0 Å². The van der Waals surface area contributed by atoms with Gasteiger partial charge in [0.1, 0.15) is 0 Å². The zero-order valence-electron chi connectivity index (χ0n) is 5.62. The minimum absolute atomic E-state index is 0. The molecule has 0 saturated heterocycles. The van der Waals surface area contributed by atoms with E-state index in [1.807, 2.05) is 0 Å². The molecule has 0 aromatic carbocycles. The van der Waals surface area contributed by atoms with E-state index >= 15 is 0 Å². The van der Waals surface area contributed by atoms with Crippen LogP contribution in [0.5, 0.6) is 0 Å². The summed E-state index contributed by atoms with van der Waals surface area (Å²) < 4.78 is 36.4. The fourth-order valence-electron chi connectivity index (χ4n) is 0.284. The van der Waals surface area contributed by atoms with E-state index in [0.29, 0.717) is 0 Å². The quantitative estimate of drug-likeness (QED) is 0.288. The summed E-state index contributed by atoms with van der Waals surface area (Å²) in [5.41, 5.74) is 0. The van der Waals surface area contributed by atoms with Crippen molar-refractivity contribution in [2.24, 2.45) is 0 Å². The molecule has 15 heavy (non-hydrogen) atoms. The van der Waals surface area contributed by atoms with Crippen LogP contribution < -0.4 is 0 Å². The standard InChI is InChI=1S/Li.Na.H5O10P3.2H/c;;1-11(2,3)9-13(7,8)10-12(4,5)6;;/h;;(H,7,8)(H2,1,2,3)(H2,4,5,6);;. The Hall–Kier alpha value is 2.01. The van der Waals surface area contributed by atoms with E-state index in [9.17, 15) is 13.7 Å². The molecule has 0 rings (SSSR count). The monoisotopic (exact) mass is 290 g/mol. The van der Waals surface area contributed by atoms with Gasteiger partial charge in [-0.2, -0.15) is 8.62 Å². The molecule has 10 nitrogen and oxygen atoms in total. The first-order valence-electron chi connectivity index (χ1n) is 2.28. The summed E-state index contributed by atoms with van der Waals surface area (Å²) in [7, 11) is -16.2. The van der Waals surface area contributed by atoms with Crippen LogP contribution in [-0.2, 0) is 22.3 Å². The normalized spacial score (nSPS) is 12.6. The van der Waals surface area contributed by atoms with Crippen molar-refractivity contribution in [3.63, 3.8) is 0 Å². The predicted molar refractivity (Wildman–Crippen MR) is 50.4 cm³/mol. The molecule has 15 heteroatoms. The molecular weight excluding hydrogens is 283 g/mol. The van der Waals surface area contributed by atoms with Crippen molar-refractivity contribution < 1.29 is 46.8 Å². The molecule has 0 fully saturated rings. The van der Waals surface area contributed by atoms with Gasteiger partial charge in [-0.1, -0.05) is 0 Å². The average Bonchev–Trinajstić information content (AvgIpc) is 1.43. The molecule has 0 amide bonds. The van der Waals surface area contributed by atoms with Gasteiger partial charge in [0.2, 0.25) is 0 Å². The van der Waals surface area contributed by atoms with Gasteiger partial charge in [-0.25, -0.2) is 13.7 Å². The Labute approximate surface area is 118 Å². The first-order valence-corrected chi connectivity index (χ1v) is 6.83. The molecule has 5 N–H and O–H groups in total. The number of hydrogen-bond acceptors (Lipinski definition) is 5. The van der Waals surface area contributed by atoms with Gasteiger partial charge in [0.05, 0.1) is 0 Å². The molecular formula is H7LiNaO10P3. The molecule has 0 heterocycles.